The van der Waals surface area contributed by atoms with E-state index in [1.807, 2.05) is 18.3 Å². The average molecular weight is 305 g/mol. The van der Waals surface area contributed by atoms with Crippen molar-refractivity contribution >= 4 is 21.6 Å². The lowest BCUT2D eigenvalue weighted by molar-refractivity contribution is 0.878. The number of anilines is 1. The highest BCUT2D eigenvalue weighted by Crippen LogP contribution is 2.21. The molecule has 0 aliphatic heterocycles. The third kappa shape index (κ3) is 3.33. The fraction of sp³-hybridized carbons (Fsp3) is 0.267. The fourth-order valence-corrected chi connectivity index (χ4v) is 2.29. The minimum absolute atomic E-state index is 0.270. The highest BCUT2D eigenvalue weighted by molar-refractivity contribution is 9.10. The smallest absolute Gasteiger partial charge is 0.106 e. The standard InChI is InChI=1S/C15H17BrN2/c1-10-6-11(2)8-13(7-10)12(3)18-14-4-5-15(16)17-9-14/h4-9,12,18H,1-3H3. The average Bonchev–Trinajstić information content (AvgIpc) is 2.31. The Morgan fingerprint density at radius 3 is 2.33 bits per heavy atom. The Morgan fingerprint density at radius 2 is 1.78 bits per heavy atom. The summed E-state index contributed by atoms with van der Waals surface area (Å²) in [5, 5.41) is 3.46. The zero-order valence-electron chi connectivity index (χ0n) is 10.9. The largest absolute Gasteiger partial charge is 0.377 e. The molecule has 1 heterocycles. The Morgan fingerprint density at radius 1 is 1.11 bits per heavy atom. The van der Waals surface area contributed by atoms with Crippen LogP contribution in [0.15, 0.2) is 41.1 Å². The van der Waals surface area contributed by atoms with Gasteiger partial charge in [0.15, 0.2) is 0 Å². The summed E-state index contributed by atoms with van der Waals surface area (Å²) in [5.74, 6) is 0. The SMILES string of the molecule is Cc1cc(C)cc(C(C)Nc2ccc(Br)nc2)c1. The van der Waals surface area contributed by atoms with Crippen LogP contribution < -0.4 is 5.32 Å². The zero-order valence-corrected chi connectivity index (χ0v) is 12.5. The maximum Gasteiger partial charge on any atom is 0.106 e. The molecular formula is C15H17BrN2. The second kappa shape index (κ2) is 5.53. The Balaban J connectivity index is 2.16. The van der Waals surface area contributed by atoms with Crippen molar-refractivity contribution in [1.82, 2.24) is 4.98 Å². The van der Waals surface area contributed by atoms with Gasteiger partial charge in [0.05, 0.1) is 11.9 Å². The molecule has 0 amide bonds. The molecule has 0 aliphatic rings. The van der Waals surface area contributed by atoms with Crippen LogP contribution >= 0.6 is 15.9 Å². The summed E-state index contributed by atoms with van der Waals surface area (Å²) in [7, 11) is 0. The zero-order chi connectivity index (χ0) is 13.1. The summed E-state index contributed by atoms with van der Waals surface area (Å²) in [6.45, 7) is 6.42. The van der Waals surface area contributed by atoms with Gasteiger partial charge in [0.2, 0.25) is 0 Å². The van der Waals surface area contributed by atoms with Crippen LogP contribution in [-0.4, -0.2) is 4.98 Å². The summed E-state index contributed by atoms with van der Waals surface area (Å²) in [4.78, 5) is 4.22. The third-order valence-electron chi connectivity index (χ3n) is 2.85. The molecule has 1 atom stereocenters. The first-order valence-corrected chi connectivity index (χ1v) is 6.80. The van der Waals surface area contributed by atoms with Gasteiger partial charge in [-0.1, -0.05) is 29.3 Å². The molecule has 94 valence electrons. The van der Waals surface area contributed by atoms with Crippen LogP contribution in [0.1, 0.15) is 29.7 Å². The number of aryl methyl sites for hydroxylation is 2. The number of rotatable bonds is 3. The van der Waals surface area contributed by atoms with Gasteiger partial charge in [-0.25, -0.2) is 4.98 Å². The lowest BCUT2D eigenvalue weighted by Gasteiger charge is -2.16. The molecule has 2 rings (SSSR count). The van der Waals surface area contributed by atoms with Gasteiger partial charge in [-0.2, -0.15) is 0 Å². The molecule has 2 nitrogen and oxygen atoms in total. The van der Waals surface area contributed by atoms with Crippen molar-refractivity contribution < 1.29 is 0 Å². The van der Waals surface area contributed by atoms with Crippen molar-refractivity contribution in [3.8, 4) is 0 Å². The predicted molar refractivity (Wildman–Crippen MR) is 79.9 cm³/mol. The first-order valence-electron chi connectivity index (χ1n) is 6.01. The molecule has 3 heteroatoms. The summed E-state index contributed by atoms with van der Waals surface area (Å²) < 4.78 is 0.854. The molecule has 0 bridgehead atoms. The maximum absolute atomic E-state index is 4.22. The van der Waals surface area contributed by atoms with Crippen LogP contribution in [0.2, 0.25) is 0 Å². The second-order valence-electron chi connectivity index (χ2n) is 4.66. The quantitative estimate of drug-likeness (QED) is 0.836. The third-order valence-corrected chi connectivity index (χ3v) is 3.32. The Kier molecular flexibility index (Phi) is 4.02. The summed E-state index contributed by atoms with van der Waals surface area (Å²) >= 11 is 3.34. The van der Waals surface area contributed by atoms with Crippen LogP contribution in [-0.2, 0) is 0 Å². The summed E-state index contributed by atoms with van der Waals surface area (Å²) in [6.07, 6.45) is 1.84. The van der Waals surface area contributed by atoms with E-state index < -0.39 is 0 Å². The number of benzene rings is 1. The second-order valence-corrected chi connectivity index (χ2v) is 5.47. The molecular weight excluding hydrogens is 288 g/mol. The number of nitrogens with one attached hydrogen (secondary N) is 1. The minimum atomic E-state index is 0.270. The van der Waals surface area contributed by atoms with Gasteiger partial charge in [-0.15, -0.1) is 0 Å². The number of hydrogen-bond donors (Lipinski definition) is 1. The van der Waals surface area contributed by atoms with E-state index in [0.29, 0.717) is 0 Å². The Labute approximate surface area is 117 Å². The van der Waals surface area contributed by atoms with Crippen LogP contribution in [0.3, 0.4) is 0 Å². The van der Waals surface area contributed by atoms with Crippen molar-refractivity contribution in [2.45, 2.75) is 26.8 Å². The van der Waals surface area contributed by atoms with Crippen LogP contribution in [0, 0.1) is 13.8 Å². The molecule has 2 aromatic rings. The molecule has 0 saturated heterocycles. The van der Waals surface area contributed by atoms with Crippen molar-refractivity contribution in [2.24, 2.45) is 0 Å². The van der Waals surface area contributed by atoms with Crippen molar-refractivity contribution in [3.05, 3.63) is 57.8 Å². The monoisotopic (exact) mass is 304 g/mol. The highest BCUT2D eigenvalue weighted by atomic mass is 79.9. The normalized spacial score (nSPS) is 12.2. The molecule has 18 heavy (non-hydrogen) atoms. The number of halogens is 1. The molecule has 1 aromatic heterocycles. The number of nitrogens with zero attached hydrogens (tertiary/aromatic N) is 1. The fourth-order valence-electron chi connectivity index (χ4n) is 2.05. The van der Waals surface area contributed by atoms with E-state index in [4.69, 9.17) is 0 Å². The van der Waals surface area contributed by atoms with E-state index in [2.05, 4.69) is 65.2 Å². The van der Waals surface area contributed by atoms with E-state index in [9.17, 15) is 0 Å². The van der Waals surface area contributed by atoms with Gasteiger partial charge in [0.1, 0.15) is 4.60 Å². The topological polar surface area (TPSA) is 24.9 Å². The van der Waals surface area contributed by atoms with Gasteiger partial charge in [-0.05, 0) is 54.4 Å². The van der Waals surface area contributed by atoms with E-state index in [0.717, 1.165) is 10.3 Å². The van der Waals surface area contributed by atoms with E-state index in [-0.39, 0.29) is 6.04 Å². The van der Waals surface area contributed by atoms with Gasteiger partial charge in [0.25, 0.3) is 0 Å². The van der Waals surface area contributed by atoms with E-state index >= 15 is 0 Å². The maximum atomic E-state index is 4.22. The van der Waals surface area contributed by atoms with Gasteiger partial charge in [0, 0.05) is 6.04 Å². The Bertz CT molecular complexity index is 514. The molecule has 0 aliphatic carbocycles. The lowest BCUT2D eigenvalue weighted by atomic mass is 10.0. The van der Waals surface area contributed by atoms with Crippen molar-refractivity contribution in [1.29, 1.82) is 0 Å². The minimum Gasteiger partial charge on any atom is -0.377 e. The molecule has 0 spiro atoms. The summed E-state index contributed by atoms with van der Waals surface area (Å²) in [6, 6.07) is 10.9. The van der Waals surface area contributed by atoms with Crippen molar-refractivity contribution in [2.75, 3.05) is 5.32 Å². The first-order chi connectivity index (χ1) is 8.54. The van der Waals surface area contributed by atoms with Crippen LogP contribution in [0.25, 0.3) is 0 Å². The molecule has 1 aromatic carbocycles. The molecule has 1 unspecified atom stereocenters. The number of pyridine rings is 1. The summed E-state index contributed by atoms with van der Waals surface area (Å²) in [5.41, 5.74) is 4.93. The molecule has 0 fully saturated rings. The van der Waals surface area contributed by atoms with E-state index in [1.165, 1.54) is 16.7 Å². The highest BCUT2D eigenvalue weighted by Gasteiger charge is 2.06. The molecule has 0 radical (unpaired) electrons. The van der Waals surface area contributed by atoms with Crippen molar-refractivity contribution in [3.63, 3.8) is 0 Å². The number of aromatic nitrogens is 1. The van der Waals surface area contributed by atoms with Crippen LogP contribution in [0.5, 0.6) is 0 Å². The Hall–Kier alpha value is -1.35. The number of hydrogen-bond acceptors (Lipinski definition) is 2. The van der Waals surface area contributed by atoms with Gasteiger partial charge >= 0.3 is 0 Å². The molecule has 0 saturated carbocycles. The lowest BCUT2D eigenvalue weighted by Crippen LogP contribution is -2.07. The molecule has 1 N–H and O–H groups in total. The van der Waals surface area contributed by atoms with Gasteiger partial charge < -0.3 is 5.32 Å². The van der Waals surface area contributed by atoms with Crippen LogP contribution in [0.4, 0.5) is 5.69 Å². The van der Waals surface area contributed by atoms with Gasteiger partial charge in [-0.3, -0.25) is 0 Å². The van der Waals surface area contributed by atoms with E-state index in [1.54, 1.807) is 0 Å². The first kappa shape index (κ1) is 13.1. The predicted octanol–water partition coefficient (Wildman–Crippen LogP) is 4.63.